The molecular weight excluding hydrogens is 374 g/mol. The number of benzene rings is 4. The summed E-state index contributed by atoms with van der Waals surface area (Å²) in [5.74, 6) is -0.689. The van der Waals surface area contributed by atoms with Crippen LogP contribution in [-0.2, 0) is 0 Å². The van der Waals surface area contributed by atoms with Gasteiger partial charge in [0.15, 0.2) is 0 Å². The fourth-order valence-electron chi connectivity index (χ4n) is 3.16. The van der Waals surface area contributed by atoms with Crippen molar-refractivity contribution < 1.29 is 9.59 Å². The van der Waals surface area contributed by atoms with Crippen LogP contribution in [-0.4, -0.2) is 18.0 Å². The Balaban J connectivity index is 1.50. The number of hydrogen-bond acceptors (Lipinski definition) is 3. The summed E-state index contributed by atoms with van der Waals surface area (Å²) in [6.07, 6.45) is 1.62. The Bertz CT molecular complexity index is 1230. The van der Waals surface area contributed by atoms with Crippen LogP contribution in [0.5, 0.6) is 0 Å². The molecule has 2 N–H and O–H groups in total. The van der Waals surface area contributed by atoms with Gasteiger partial charge in [-0.2, -0.15) is 5.10 Å². The van der Waals surface area contributed by atoms with Crippen molar-refractivity contribution in [3.05, 3.63) is 114 Å². The lowest BCUT2D eigenvalue weighted by Gasteiger charge is -2.10. The number of hydrogen-bond donors (Lipinski definition) is 2. The molecule has 5 nitrogen and oxygen atoms in total. The van der Waals surface area contributed by atoms with E-state index in [2.05, 4.69) is 15.8 Å². The van der Waals surface area contributed by atoms with Crippen LogP contribution in [0, 0.1) is 0 Å². The van der Waals surface area contributed by atoms with E-state index in [1.807, 2.05) is 48.5 Å². The molecule has 0 fully saturated rings. The molecule has 0 aliphatic heterocycles. The summed E-state index contributed by atoms with van der Waals surface area (Å²) in [7, 11) is 0. The number of anilines is 1. The van der Waals surface area contributed by atoms with Crippen LogP contribution >= 0.6 is 0 Å². The van der Waals surface area contributed by atoms with E-state index < -0.39 is 5.91 Å². The third-order valence-electron chi connectivity index (χ3n) is 4.65. The van der Waals surface area contributed by atoms with Crippen molar-refractivity contribution in [3.8, 4) is 0 Å². The molecule has 5 heteroatoms. The molecule has 4 aromatic carbocycles. The summed E-state index contributed by atoms with van der Waals surface area (Å²) in [5, 5.41) is 9.05. The zero-order valence-corrected chi connectivity index (χ0v) is 16.1. The Morgan fingerprint density at radius 1 is 0.700 bits per heavy atom. The predicted molar refractivity (Wildman–Crippen MR) is 120 cm³/mol. The number of hydrazone groups is 1. The van der Waals surface area contributed by atoms with Gasteiger partial charge in [-0.3, -0.25) is 9.59 Å². The highest BCUT2D eigenvalue weighted by molar-refractivity contribution is 6.09. The zero-order valence-electron chi connectivity index (χ0n) is 16.1. The number of carbonyl (C=O) groups excluding carboxylic acids is 2. The maximum atomic E-state index is 12.7. The van der Waals surface area contributed by atoms with Crippen LogP contribution in [0.25, 0.3) is 10.8 Å². The van der Waals surface area contributed by atoms with Crippen molar-refractivity contribution in [1.29, 1.82) is 0 Å². The van der Waals surface area contributed by atoms with Crippen molar-refractivity contribution in [2.24, 2.45) is 5.10 Å². The molecule has 0 radical (unpaired) electrons. The zero-order chi connectivity index (χ0) is 20.8. The molecule has 0 atom stereocenters. The highest BCUT2D eigenvalue weighted by Gasteiger charge is 2.13. The molecule has 0 bridgehead atoms. The van der Waals surface area contributed by atoms with Crippen molar-refractivity contribution in [3.63, 3.8) is 0 Å². The number of rotatable bonds is 5. The summed E-state index contributed by atoms with van der Waals surface area (Å²) in [4.78, 5) is 25.1. The lowest BCUT2D eigenvalue weighted by molar-refractivity contribution is 0.0956. The molecule has 4 rings (SSSR count). The predicted octanol–water partition coefficient (Wildman–Crippen LogP) is 4.86. The van der Waals surface area contributed by atoms with Gasteiger partial charge in [0.2, 0.25) is 0 Å². The van der Waals surface area contributed by atoms with Crippen molar-refractivity contribution >= 4 is 34.5 Å². The van der Waals surface area contributed by atoms with Crippen molar-refractivity contribution in [2.45, 2.75) is 0 Å². The first-order valence-electron chi connectivity index (χ1n) is 9.49. The molecule has 2 amide bonds. The van der Waals surface area contributed by atoms with E-state index >= 15 is 0 Å². The SMILES string of the molecule is O=C(Nc1ccccc1C(=O)N/N=C/c1cccc2ccccc12)c1ccccc1. The molecule has 0 saturated carbocycles. The third-order valence-corrected chi connectivity index (χ3v) is 4.65. The standard InChI is InChI=1S/C25H19N3O2/c29-24(19-10-2-1-3-11-19)27-23-16-7-6-15-22(23)25(30)28-26-17-20-13-8-12-18-9-4-5-14-21(18)20/h1-17H,(H,27,29)(H,28,30)/b26-17+. The normalized spacial score (nSPS) is 10.8. The molecule has 4 aromatic rings. The minimum Gasteiger partial charge on any atom is -0.321 e. The number of para-hydroxylation sites is 1. The van der Waals surface area contributed by atoms with Crippen LogP contribution < -0.4 is 10.7 Å². The van der Waals surface area contributed by atoms with Gasteiger partial charge >= 0.3 is 0 Å². The van der Waals surface area contributed by atoms with Gasteiger partial charge in [-0.05, 0) is 35.0 Å². The van der Waals surface area contributed by atoms with E-state index in [0.29, 0.717) is 16.8 Å². The molecule has 146 valence electrons. The summed E-state index contributed by atoms with van der Waals surface area (Å²) in [6.45, 7) is 0. The molecule has 0 saturated heterocycles. The van der Waals surface area contributed by atoms with Gasteiger partial charge in [0.05, 0.1) is 17.5 Å². The summed E-state index contributed by atoms with van der Waals surface area (Å²) < 4.78 is 0. The van der Waals surface area contributed by atoms with E-state index in [1.54, 1.807) is 54.7 Å². The van der Waals surface area contributed by atoms with E-state index in [9.17, 15) is 9.59 Å². The maximum absolute atomic E-state index is 12.7. The molecule has 0 aromatic heterocycles. The second-order valence-corrected chi connectivity index (χ2v) is 6.63. The molecule has 30 heavy (non-hydrogen) atoms. The second kappa shape index (κ2) is 8.84. The van der Waals surface area contributed by atoms with Crippen molar-refractivity contribution in [1.82, 2.24) is 5.43 Å². The molecule has 0 aliphatic carbocycles. The Labute approximate surface area is 174 Å². The second-order valence-electron chi connectivity index (χ2n) is 6.63. The number of amides is 2. The van der Waals surface area contributed by atoms with E-state index in [-0.39, 0.29) is 5.91 Å². The first-order valence-corrected chi connectivity index (χ1v) is 9.49. The Hall–Kier alpha value is -4.25. The van der Waals surface area contributed by atoms with Crippen LogP contribution in [0.4, 0.5) is 5.69 Å². The van der Waals surface area contributed by atoms with Gasteiger partial charge in [0, 0.05) is 11.1 Å². The summed E-state index contributed by atoms with van der Waals surface area (Å²) in [5.41, 5.74) is 4.71. The van der Waals surface area contributed by atoms with Gasteiger partial charge in [-0.15, -0.1) is 0 Å². The fourth-order valence-corrected chi connectivity index (χ4v) is 3.16. The lowest BCUT2D eigenvalue weighted by atomic mass is 10.1. The van der Waals surface area contributed by atoms with Gasteiger partial charge in [0.25, 0.3) is 11.8 Å². The van der Waals surface area contributed by atoms with Crippen molar-refractivity contribution in [2.75, 3.05) is 5.32 Å². The van der Waals surface area contributed by atoms with Gasteiger partial charge in [-0.1, -0.05) is 72.8 Å². The van der Waals surface area contributed by atoms with Crippen LogP contribution in [0.3, 0.4) is 0 Å². The fraction of sp³-hybridized carbons (Fsp3) is 0. The van der Waals surface area contributed by atoms with Gasteiger partial charge < -0.3 is 5.32 Å². The largest absolute Gasteiger partial charge is 0.321 e. The summed E-state index contributed by atoms with van der Waals surface area (Å²) in [6, 6.07) is 29.5. The molecule has 0 aliphatic rings. The molecule has 0 spiro atoms. The smallest absolute Gasteiger partial charge is 0.273 e. The number of nitrogens with zero attached hydrogens (tertiary/aromatic N) is 1. The highest BCUT2D eigenvalue weighted by Crippen LogP contribution is 2.18. The third kappa shape index (κ3) is 4.25. The topological polar surface area (TPSA) is 70.6 Å². The van der Waals surface area contributed by atoms with Crippen LogP contribution in [0.15, 0.2) is 102 Å². The van der Waals surface area contributed by atoms with Gasteiger partial charge in [0.1, 0.15) is 0 Å². The van der Waals surface area contributed by atoms with Gasteiger partial charge in [-0.25, -0.2) is 5.43 Å². The minimum atomic E-state index is -0.407. The minimum absolute atomic E-state index is 0.282. The number of nitrogens with one attached hydrogen (secondary N) is 2. The quantitative estimate of drug-likeness (QED) is 0.376. The first-order chi connectivity index (χ1) is 14.7. The first kappa shape index (κ1) is 19.1. The van der Waals surface area contributed by atoms with E-state index in [4.69, 9.17) is 0 Å². The monoisotopic (exact) mass is 393 g/mol. The number of carbonyl (C=O) groups is 2. The molecular formula is C25H19N3O2. The van der Waals surface area contributed by atoms with Crippen LogP contribution in [0.1, 0.15) is 26.3 Å². The number of fused-ring (bicyclic) bond motifs is 1. The maximum Gasteiger partial charge on any atom is 0.273 e. The highest BCUT2D eigenvalue weighted by atomic mass is 16.2. The average molecular weight is 393 g/mol. The lowest BCUT2D eigenvalue weighted by Crippen LogP contribution is -2.21. The molecule has 0 unspecified atom stereocenters. The average Bonchev–Trinajstić information content (AvgIpc) is 2.80. The summed E-state index contributed by atoms with van der Waals surface area (Å²) >= 11 is 0. The Morgan fingerprint density at radius 3 is 2.27 bits per heavy atom. The Morgan fingerprint density at radius 2 is 1.40 bits per heavy atom. The van der Waals surface area contributed by atoms with E-state index in [0.717, 1.165) is 16.3 Å². The van der Waals surface area contributed by atoms with Crippen LogP contribution in [0.2, 0.25) is 0 Å². The Kier molecular flexibility index (Phi) is 5.62. The van der Waals surface area contributed by atoms with E-state index in [1.165, 1.54) is 0 Å². The molecule has 0 heterocycles.